The van der Waals surface area contributed by atoms with Gasteiger partial charge >= 0.3 is 6.01 Å². The fourth-order valence-electron chi connectivity index (χ4n) is 0.956. The molecule has 0 bridgehead atoms. The van der Waals surface area contributed by atoms with E-state index in [2.05, 4.69) is 9.97 Å². The maximum absolute atomic E-state index is 12.7. The van der Waals surface area contributed by atoms with Gasteiger partial charge in [0.25, 0.3) is 0 Å². The fraction of sp³-hybridized carbons (Fsp3) is 0.111. The number of nitrogen functional groups attached to an aromatic ring is 1. The van der Waals surface area contributed by atoms with Gasteiger partial charge in [0.15, 0.2) is 11.6 Å². The van der Waals surface area contributed by atoms with Crippen LogP contribution in [-0.4, -0.2) is 9.97 Å². The molecule has 2 N–H and O–H groups in total. The predicted octanol–water partition coefficient (Wildman–Crippen LogP) is 1.37. The SMILES string of the molecule is Nc1nc(OCc2ccoc2)ncc1F. The van der Waals surface area contributed by atoms with Gasteiger partial charge in [-0.2, -0.15) is 4.98 Å². The van der Waals surface area contributed by atoms with Gasteiger partial charge in [-0.15, -0.1) is 0 Å². The Morgan fingerprint density at radius 2 is 2.40 bits per heavy atom. The van der Waals surface area contributed by atoms with Crippen LogP contribution in [0.5, 0.6) is 6.01 Å². The highest BCUT2D eigenvalue weighted by atomic mass is 19.1. The summed E-state index contributed by atoms with van der Waals surface area (Å²) in [6.07, 6.45) is 4.03. The minimum absolute atomic E-state index is 0.0371. The number of rotatable bonds is 3. The molecule has 0 aliphatic carbocycles. The molecule has 6 heteroatoms. The van der Waals surface area contributed by atoms with Gasteiger partial charge in [0.05, 0.1) is 18.7 Å². The molecule has 2 aromatic heterocycles. The number of hydrogen-bond donors (Lipinski definition) is 1. The molecular formula is C9H8FN3O2. The molecule has 0 unspecified atom stereocenters. The van der Waals surface area contributed by atoms with E-state index in [1.54, 1.807) is 6.07 Å². The van der Waals surface area contributed by atoms with Crippen molar-refractivity contribution in [1.82, 2.24) is 9.97 Å². The van der Waals surface area contributed by atoms with Crippen molar-refractivity contribution in [3.05, 3.63) is 36.2 Å². The highest BCUT2D eigenvalue weighted by Gasteiger charge is 2.04. The van der Waals surface area contributed by atoms with Crippen LogP contribution in [0, 0.1) is 5.82 Å². The number of nitrogens with zero attached hydrogens (tertiary/aromatic N) is 2. The van der Waals surface area contributed by atoms with E-state index in [0.29, 0.717) is 0 Å². The molecule has 5 nitrogen and oxygen atoms in total. The van der Waals surface area contributed by atoms with E-state index in [9.17, 15) is 4.39 Å². The van der Waals surface area contributed by atoms with E-state index >= 15 is 0 Å². The Morgan fingerprint density at radius 3 is 3.07 bits per heavy atom. The van der Waals surface area contributed by atoms with Crippen LogP contribution >= 0.6 is 0 Å². The number of ether oxygens (including phenoxy) is 1. The Labute approximate surface area is 84.7 Å². The zero-order chi connectivity index (χ0) is 10.7. The quantitative estimate of drug-likeness (QED) is 0.826. The summed E-state index contributed by atoms with van der Waals surface area (Å²) in [5, 5.41) is 0. The number of nitrogens with two attached hydrogens (primary N) is 1. The summed E-state index contributed by atoms with van der Waals surface area (Å²) < 4.78 is 22.7. The number of hydrogen-bond acceptors (Lipinski definition) is 5. The average molecular weight is 209 g/mol. The van der Waals surface area contributed by atoms with Crippen LogP contribution in [0.2, 0.25) is 0 Å². The highest BCUT2D eigenvalue weighted by molar-refractivity contribution is 5.29. The molecule has 0 radical (unpaired) electrons. The minimum Gasteiger partial charge on any atom is -0.472 e. The van der Waals surface area contributed by atoms with Gasteiger partial charge in [-0.05, 0) is 6.07 Å². The molecule has 2 heterocycles. The lowest BCUT2D eigenvalue weighted by Gasteiger charge is -2.02. The summed E-state index contributed by atoms with van der Waals surface area (Å²) in [4.78, 5) is 7.23. The van der Waals surface area contributed by atoms with Gasteiger partial charge in [-0.1, -0.05) is 0 Å². The van der Waals surface area contributed by atoms with E-state index in [0.717, 1.165) is 11.8 Å². The highest BCUT2D eigenvalue weighted by Crippen LogP contribution is 2.11. The Balaban J connectivity index is 2.02. The lowest BCUT2D eigenvalue weighted by molar-refractivity contribution is 0.279. The normalized spacial score (nSPS) is 10.2. The molecular weight excluding hydrogens is 201 g/mol. The van der Waals surface area contributed by atoms with Crippen molar-refractivity contribution >= 4 is 5.82 Å². The lowest BCUT2D eigenvalue weighted by Crippen LogP contribution is -2.02. The van der Waals surface area contributed by atoms with Gasteiger partial charge in [-0.25, -0.2) is 9.37 Å². The van der Waals surface area contributed by atoms with E-state index < -0.39 is 5.82 Å². The van der Waals surface area contributed by atoms with Gasteiger partial charge in [0.1, 0.15) is 6.61 Å². The molecule has 2 aromatic rings. The molecule has 2 rings (SSSR count). The third-order valence-corrected chi connectivity index (χ3v) is 1.70. The summed E-state index contributed by atoms with van der Waals surface area (Å²) in [6, 6.07) is 1.78. The predicted molar refractivity (Wildman–Crippen MR) is 49.4 cm³/mol. The zero-order valence-corrected chi connectivity index (χ0v) is 7.68. The number of halogens is 1. The van der Waals surface area contributed by atoms with Crippen molar-refractivity contribution in [3.63, 3.8) is 0 Å². The topological polar surface area (TPSA) is 74.2 Å². The number of furan rings is 1. The smallest absolute Gasteiger partial charge is 0.318 e. The van der Waals surface area contributed by atoms with Crippen LogP contribution in [0.25, 0.3) is 0 Å². The summed E-state index contributed by atoms with van der Waals surface area (Å²) in [6.45, 7) is 0.252. The molecule has 0 aromatic carbocycles. The van der Waals surface area contributed by atoms with Crippen LogP contribution in [0.4, 0.5) is 10.2 Å². The second-order valence-electron chi connectivity index (χ2n) is 2.81. The largest absolute Gasteiger partial charge is 0.472 e. The molecule has 0 amide bonds. The average Bonchev–Trinajstić information content (AvgIpc) is 2.73. The van der Waals surface area contributed by atoms with Gasteiger partial charge in [0.2, 0.25) is 0 Å². The van der Waals surface area contributed by atoms with Crippen molar-refractivity contribution in [1.29, 1.82) is 0 Å². The van der Waals surface area contributed by atoms with Gasteiger partial charge < -0.3 is 14.9 Å². The molecule has 0 saturated carbocycles. The van der Waals surface area contributed by atoms with E-state index in [4.69, 9.17) is 14.9 Å². The first-order valence-corrected chi connectivity index (χ1v) is 4.17. The van der Waals surface area contributed by atoms with Crippen molar-refractivity contribution in [2.75, 3.05) is 5.73 Å². The second-order valence-corrected chi connectivity index (χ2v) is 2.81. The Hall–Kier alpha value is -2.11. The minimum atomic E-state index is -0.661. The Morgan fingerprint density at radius 1 is 1.53 bits per heavy atom. The van der Waals surface area contributed by atoms with Crippen LogP contribution in [0.3, 0.4) is 0 Å². The van der Waals surface area contributed by atoms with Gasteiger partial charge in [-0.3, -0.25) is 0 Å². The fourth-order valence-corrected chi connectivity index (χ4v) is 0.956. The van der Waals surface area contributed by atoms with Crippen molar-refractivity contribution in [2.24, 2.45) is 0 Å². The first-order chi connectivity index (χ1) is 7.25. The first kappa shape index (κ1) is 9.45. The third kappa shape index (κ3) is 2.22. The van der Waals surface area contributed by atoms with E-state index in [-0.39, 0.29) is 18.4 Å². The maximum atomic E-state index is 12.7. The van der Waals surface area contributed by atoms with Crippen LogP contribution in [0.15, 0.2) is 29.2 Å². The summed E-state index contributed by atoms with van der Waals surface area (Å²) in [7, 11) is 0. The van der Waals surface area contributed by atoms with Crippen molar-refractivity contribution in [2.45, 2.75) is 6.61 Å². The first-order valence-electron chi connectivity index (χ1n) is 4.17. The number of anilines is 1. The van der Waals surface area contributed by atoms with E-state index in [1.807, 2.05) is 0 Å². The number of aromatic nitrogens is 2. The van der Waals surface area contributed by atoms with Crippen molar-refractivity contribution < 1.29 is 13.5 Å². The second kappa shape index (κ2) is 3.95. The maximum Gasteiger partial charge on any atom is 0.318 e. The lowest BCUT2D eigenvalue weighted by atomic mass is 10.4. The molecule has 0 fully saturated rings. The molecule has 15 heavy (non-hydrogen) atoms. The van der Waals surface area contributed by atoms with Crippen LogP contribution < -0.4 is 10.5 Å². The Kier molecular flexibility index (Phi) is 2.49. The summed E-state index contributed by atoms with van der Waals surface area (Å²) >= 11 is 0. The summed E-state index contributed by atoms with van der Waals surface area (Å²) in [5.74, 6) is -0.891. The third-order valence-electron chi connectivity index (χ3n) is 1.70. The monoisotopic (exact) mass is 209 g/mol. The molecule has 0 atom stereocenters. The van der Waals surface area contributed by atoms with Gasteiger partial charge in [0, 0.05) is 5.56 Å². The molecule has 0 spiro atoms. The summed E-state index contributed by atoms with van der Waals surface area (Å²) in [5.41, 5.74) is 6.08. The van der Waals surface area contributed by atoms with Crippen LogP contribution in [-0.2, 0) is 6.61 Å². The van der Waals surface area contributed by atoms with Crippen molar-refractivity contribution in [3.8, 4) is 6.01 Å². The molecule has 78 valence electrons. The zero-order valence-electron chi connectivity index (χ0n) is 7.68. The Bertz CT molecular complexity index is 445. The van der Waals surface area contributed by atoms with Crippen LogP contribution in [0.1, 0.15) is 5.56 Å². The molecule has 0 saturated heterocycles. The molecule has 0 aliphatic heterocycles. The molecule has 0 aliphatic rings. The standard InChI is InChI=1S/C9H8FN3O2/c10-7-3-12-9(13-8(7)11)15-5-6-1-2-14-4-6/h1-4H,5H2,(H2,11,12,13). The van der Waals surface area contributed by atoms with E-state index in [1.165, 1.54) is 12.5 Å².